The van der Waals surface area contributed by atoms with Gasteiger partial charge in [0.1, 0.15) is 29.2 Å². The number of para-hydroxylation sites is 1. The van der Waals surface area contributed by atoms with Crippen molar-refractivity contribution in [1.82, 2.24) is 30.1 Å². The highest BCUT2D eigenvalue weighted by Gasteiger charge is 2.76. The van der Waals surface area contributed by atoms with Gasteiger partial charge in [0.25, 0.3) is 11.8 Å². The molecule has 4 atom stereocenters. The van der Waals surface area contributed by atoms with Gasteiger partial charge in [-0.05, 0) is 42.2 Å². The minimum Gasteiger partial charge on any atom is -0.351 e. The Bertz CT molecular complexity index is 1780. The molecule has 1 saturated carbocycles. The van der Waals surface area contributed by atoms with Crippen LogP contribution in [0.3, 0.4) is 0 Å². The van der Waals surface area contributed by atoms with Crippen LogP contribution < -0.4 is 5.32 Å². The fourth-order valence-electron chi connectivity index (χ4n) is 6.72. The van der Waals surface area contributed by atoms with E-state index in [1.54, 1.807) is 36.7 Å². The van der Waals surface area contributed by atoms with Crippen LogP contribution in [0.5, 0.6) is 0 Å². The summed E-state index contributed by atoms with van der Waals surface area (Å²) in [5.74, 6) is -0.584. The van der Waals surface area contributed by atoms with E-state index in [1.165, 1.54) is 0 Å². The number of amides is 3. The summed E-state index contributed by atoms with van der Waals surface area (Å²) in [7, 11) is 0. The number of fused-ring (bicyclic) bond motifs is 1. The maximum absolute atomic E-state index is 14.0. The summed E-state index contributed by atoms with van der Waals surface area (Å²) in [6.45, 7) is 6.89. The quantitative estimate of drug-likeness (QED) is 0.373. The number of aromatic amines is 1. The third kappa shape index (κ3) is 4.35. The molecule has 3 aromatic heterocycles. The zero-order valence-corrected chi connectivity index (χ0v) is 24.2. The minimum absolute atomic E-state index is 0.0664. The minimum atomic E-state index is -0.725. The Morgan fingerprint density at radius 3 is 2.42 bits per heavy atom. The van der Waals surface area contributed by atoms with Crippen molar-refractivity contribution in [1.29, 1.82) is 5.26 Å². The van der Waals surface area contributed by atoms with Crippen molar-refractivity contribution in [2.45, 2.75) is 45.3 Å². The zero-order chi connectivity index (χ0) is 30.1. The number of rotatable bonds is 5. The molecule has 1 spiro atoms. The van der Waals surface area contributed by atoms with Gasteiger partial charge in [-0.15, -0.1) is 0 Å². The topological polar surface area (TPSA) is 135 Å². The van der Waals surface area contributed by atoms with Gasteiger partial charge in [0.15, 0.2) is 0 Å². The molecule has 2 saturated heterocycles. The number of hydrogen-bond donors (Lipinski definition) is 2. The summed E-state index contributed by atoms with van der Waals surface area (Å²) < 4.78 is 0. The van der Waals surface area contributed by atoms with E-state index in [0.29, 0.717) is 30.2 Å². The van der Waals surface area contributed by atoms with Crippen molar-refractivity contribution in [2.24, 2.45) is 10.8 Å². The van der Waals surface area contributed by atoms with Crippen LogP contribution in [0.2, 0.25) is 0 Å². The van der Waals surface area contributed by atoms with Crippen molar-refractivity contribution in [2.75, 3.05) is 13.1 Å². The number of nitrogens with zero attached hydrogens (tertiary/aromatic N) is 5. The van der Waals surface area contributed by atoms with Crippen LogP contribution in [0, 0.1) is 22.2 Å². The van der Waals surface area contributed by atoms with E-state index in [-0.39, 0.29) is 35.2 Å². The lowest BCUT2D eigenvalue weighted by Gasteiger charge is -2.46. The summed E-state index contributed by atoms with van der Waals surface area (Å²) >= 11 is 0. The first-order valence-corrected chi connectivity index (χ1v) is 14.4. The van der Waals surface area contributed by atoms with Gasteiger partial charge in [-0.25, -0.2) is 4.98 Å². The molecule has 5 heterocycles. The average molecular weight is 574 g/mol. The lowest BCUT2D eigenvalue weighted by molar-refractivity contribution is -0.135. The Kier molecular flexibility index (Phi) is 5.92. The molecule has 0 bridgehead atoms. The summed E-state index contributed by atoms with van der Waals surface area (Å²) in [6, 6.07) is 17.7. The number of carbonyl (C=O) groups is 3. The normalized spacial score (nSPS) is 22.7. The van der Waals surface area contributed by atoms with Crippen molar-refractivity contribution >= 4 is 28.6 Å². The zero-order valence-electron chi connectivity index (χ0n) is 24.2. The molecule has 4 aromatic rings. The number of hydrogen-bond acceptors (Lipinski definition) is 6. The van der Waals surface area contributed by atoms with Crippen LogP contribution in [0.1, 0.15) is 53.9 Å². The van der Waals surface area contributed by atoms with Crippen LogP contribution in [-0.4, -0.2) is 73.7 Å². The fraction of sp³-hybridized carbons (Fsp3) is 0.333. The van der Waals surface area contributed by atoms with Gasteiger partial charge in [-0.1, -0.05) is 45.0 Å². The predicted molar refractivity (Wildman–Crippen MR) is 159 cm³/mol. The van der Waals surface area contributed by atoms with Gasteiger partial charge in [-0.2, -0.15) is 5.26 Å². The highest BCUT2D eigenvalue weighted by atomic mass is 16.2. The molecule has 1 unspecified atom stereocenters. The molecule has 2 aliphatic heterocycles. The van der Waals surface area contributed by atoms with Crippen molar-refractivity contribution in [3.05, 3.63) is 84.1 Å². The van der Waals surface area contributed by atoms with Gasteiger partial charge in [0, 0.05) is 59.0 Å². The van der Waals surface area contributed by atoms with E-state index in [2.05, 4.69) is 20.3 Å². The maximum atomic E-state index is 14.0. The van der Waals surface area contributed by atoms with Gasteiger partial charge in [0.05, 0.1) is 6.04 Å². The van der Waals surface area contributed by atoms with Gasteiger partial charge >= 0.3 is 0 Å². The first-order valence-electron chi connectivity index (χ1n) is 14.4. The van der Waals surface area contributed by atoms with E-state index in [1.807, 2.05) is 67.0 Å². The molecule has 10 nitrogen and oxygen atoms in total. The molecule has 2 N–H and O–H groups in total. The number of carbonyl (C=O) groups excluding carboxylic acids is 3. The van der Waals surface area contributed by atoms with E-state index in [9.17, 15) is 14.4 Å². The Morgan fingerprint density at radius 1 is 1.02 bits per heavy atom. The maximum Gasteiger partial charge on any atom is 0.272 e. The summed E-state index contributed by atoms with van der Waals surface area (Å²) in [4.78, 5) is 56.1. The average Bonchev–Trinajstić information content (AvgIpc) is 3.51. The molecule has 3 aliphatic rings. The molecular weight excluding hydrogens is 542 g/mol. The lowest BCUT2D eigenvalue weighted by atomic mass is 9.85. The third-order valence-electron chi connectivity index (χ3n) is 9.23. The lowest BCUT2D eigenvalue weighted by Crippen LogP contribution is -2.61. The summed E-state index contributed by atoms with van der Waals surface area (Å²) in [6.07, 6.45) is 4.11. The molecule has 43 heavy (non-hydrogen) atoms. The fourth-order valence-corrected chi connectivity index (χ4v) is 6.72. The third-order valence-corrected chi connectivity index (χ3v) is 9.23. The molecule has 3 amide bonds. The number of piperidine rings is 1. The largest absolute Gasteiger partial charge is 0.351 e. The van der Waals surface area contributed by atoms with E-state index in [0.717, 1.165) is 28.5 Å². The molecule has 3 fully saturated rings. The molecule has 216 valence electrons. The number of pyridine rings is 2. The summed E-state index contributed by atoms with van der Waals surface area (Å²) in [5.41, 5.74) is 2.99. The highest BCUT2D eigenvalue weighted by Crippen LogP contribution is 2.65. The van der Waals surface area contributed by atoms with Crippen LogP contribution in [0.25, 0.3) is 22.0 Å². The second kappa shape index (κ2) is 9.49. The number of H-pyrrole nitrogens is 1. The Hall–Kier alpha value is -5.04. The van der Waals surface area contributed by atoms with E-state index < -0.39 is 11.5 Å². The molecule has 0 radical (unpaired) electrons. The first kappa shape index (κ1) is 26.8. The van der Waals surface area contributed by atoms with Crippen molar-refractivity contribution < 1.29 is 14.4 Å². The predicted octanol–water partition coefficient (Wildman–Crippen LogP) is 3.77. The van der Waals surface area contributed by atoms with Gasteiger partial charge < -0.3 is 20.1 Å². The number of nitrogens with one attached hydrogen (secondary N) is 2. The number of likely N-dealkylation sites (tertiary alicyclic amines) is 2. The van der Waals surface area contributed by atoms with Crippen LogP contribution in [-0.2, 0) is 4.79 Å². The molecular formula is C33H31N7O3. The smallest absolute Gasteiger partial charge is 0.272 e. The number of nitriles is 1. The Labute approximate surface area is 248 Å². The van der Waals surface area contributed by atoms with Crippen LogP contribution in [0.15, 0.2) is 67.0 Å². The van der Waals surface area contributed by atoms with E-state index in [4.69, 9.17) is 5.26 Å². The van der Waals surface area contributed by atoms with E-state index >= 15 is 0 Å². The summed E-state index contributed by atoms with van der Waals surface area (Å²) in [5, 5.41) is 12.9. The second-order valence-electron chi connectivity index (χ2n) is 12.9. The standard InChI is InChI=1S/C33H31N7O3/c1-32(2,3)28(38-29(41)25-12-19-6-4-5-7-23(19)37-25)31(43)39-17-27-33(13-26(33)39)18-40(27)30(42)24-11-9-21(16-36-24)20-8-10-22(14-34)35-15-20/h4-12,15-16,26-28,37H,13,17-18H2,1-3H3,(H,38,41)/t26-,27+,28+,33?/m0/s1. The van der Waals surface area contributed by atoms with Crippen LogP contribution in [0.4, 0.5) is 0 Å². The highest BCUT2D eigenvalue weighted by molar-refractivity contribution is 6.00. The van der Waals surface area contributed by atoms with Crippen LogP contribution >= 0.6 is 0 Å². The number of aromatic nitrogens is 3. The van der Waals surface area contributed by atoms with Crippen molar-refractivity contribution in [3.63, 3.8) is 0 Å². The molecule has 1 aromatic carbocycles. The molecule has 10 heteroatoms. The molecule has 7 rings (SSSR count). The Balaban J connectivity index is 1.04. The Morgan fingerprint density at radius 2 is 1.77 bits per heavy atom. The SMILES string of the molecule is CC(C)(C)[C@H](NC(=O)c1cc2ccccc2[nH]1)C(=O)N1C[C@H]2N(C(=O)c3ccc(-c4ccc(C#N)nc4)cn3)CC23C[C@H]13. The van der Waals surface area contributed by atoms with Gasteiger partial charge in [-0.3, -0.25) is 19.4 Å². The second-order valence-corrected chi connectivity index (χ2v) is 12.9. The number of benzene rings is 1. The monoisotopic (exact) mass is 573 g/mol. The first-order chi connectivity index (χ1) is 20.6. The molecule has 1 aliphatic carbocycles. The van der Waals surface area contributed by atoms with Gasteiger partial charge in [0.2, 0.25) is 5.91 Å². The van der Waals surface area contributed by atoms with Crippen molar-refractivity contribution in [3.8, 4) is 17.2 Å².